The van der Waals surface area contributed by atoms with Gasteiger partial charge in [0.2, 0.25) is 0 Å². The van der Waals surface area contributed by atoms with Crippen LogP contribution in [0.1, 0.15) is 6.92 Å². The molecule has 0 aliphatic heterocycles. The standard InChI is InChI=1S/C12H12O2S/c1-2-15-11-6-3-8-7-9(13)4-5-10(8)12(11)14/h3-7,13-14H,2H2,1H3. The predicted octanol–water partition coefficient (Wildman–Crippen LogP) is 3.36. The smallest absolute Gasteiger partial charge is 0.136 e. The van der Waals surface area contributed by atoms with E-state index in [0.29, 0.717) is 5.75 Å². The number of hydrogen-bond donors (Lipinski definition) is 2. The second-order valence-electron chi connectivity index (χ2n) is 3.25. The first kappa shape index (κ1) is 10.2. The van der Waals surface area contributed by atoms with Gasteiger partial charge >= 0.3 is 0 Å². The number of benzene rings is 2. The third-order valence-corrected chi connectivity index (χ3v) is 3.17. The average Bonchev–Trinajstić information content (AvgIpc) is 2.22. The molecule has 2 rings (SSSR count). The molecule has 0 saturated carbocycles. The molecule has 0 radical (unpaired) electrons. The molecule has 0 aliphatic carbocycles. The van der Waals surface area contributed by atoms with E-state index in [4.69, 9.17) is 0 Å². The Labute approximate surface area is 92.6 Å². The summed E-state index contributed by atoms with van der Waals surface area (Å²) >= 11 is 1.61. The normalized spacial score (nSPS) is 10.7. The highest BCUT2D eigenvalue weighted by Gasteiger charge is 2.06. The average molecular weight is 220 g/mol. The molecule has 2 nitrogen and oxygen atoms in total. The van der Waals surface area contributed by atoms with Crippen LogP contribution in [0.2, 0.25) is 0 Å². The van der Waals surface area contributed by atoms with E-state index in [0.717, 1.165) is 21.4 Å². The number of fused-ring (bicyclic) bond motifs is 1. The van der Waals surface area contributed by atoms with Crippen LogP contribution in [-0.4, -0.2) is 16.0 Å². The van der Waals surface area contributed by atoms with Crippen molar-refractivity contribution in [3.05, 3.63) is 30.3 Å². The van der Waals surface area contributed by atoms with E-state index in [-0.39, 0.29) is 5.75 Å². The highest BCUT2D eigenvalue weighted by Crippen LogP contribution is 2.36. The van der Waals surface area contributed by atoms with Gasteiger partial charge in [0, 0.05) is 10.3 Å². The molecular formula is C12H12O2S. The molecule has 0 amide bonds. The number of phenols is 2. The van der Waals surface area contributed by atoms with Crippen molar-refractivity contribution in [3.8, 4) is 11.5 Å². The van der Waals surface area contributed by atoms with Crippen molar-refractivity contribution in [2.24, 2.45) is 0 Å². The lowest BCUT2D eigenvalue weighted by atomic mass is 10.1. The van der Waals surface area contributed by atoms with Crippen LogP contribution >= 0.6 is 11.8 Å². The SMILES string of the molecule is CCSc1ccc2cc(O)ccc2c1O. The van der Waals surface area contributed by atoms with Crippen LogP contribution in [0.25, 0.3) is 10.8 Å². The van der Waals surface area contributed by atoms with E-state index in [9.17, 15) is 10.2 Å². The molecular weight excluding hydrogens is 208 g/mol. The van der Waals surface area contributed by atoms with Crippen LogP contribution in [0.5, 0.6) is 11.5 Å². The van der Waals surface area contributed by atoms with E-state index < -0.39 is 0 Å². The summed E-state index contributed by atoms with van der Waals surface area (Å²) in [5.41, 5.74) is 0. The number of rotatable bonds is 2. The number of hydrogen-bond acceptors (Lipinski definition) is 3. The van der Waals surface area contributed by atoms with E-state index >= 15 is 0 Å². The van der Waals surface area contributed by atoms with Gasteiger partial charge in [-0.3, -0.25) is 0 Å². The predicted molar refractivity (Wildman–Crippen MR) is 63.7 cm³/mol. The van der Waals surface area contributed by atoms with Gasteiger partial charge in [0.05, 0.1) is 0 Å². The monoisotopic (exact) mass is 220 g/mol. The van der Waals surface area contributed by atoms with Crippen LogP contribution in [0, 0.1) is 0 Å². The summed E-state index contributed by atoms with van der Waals surface area (Å²) < 4.78 is 0. The quantitative estimate of drug-likeness (QED) is 0.762. The van der Waals surface area contributed by atoms with Crippen LogP contribution in [0.15, 0.2) is 35.2 Å². The second kappa shape index (κ2) is 4.03. The molecule has 0 aromatic heterocycles. The van der Waals surface area contributed by atoms with Crippen molar-refractivity contribution in [3.63, 3.8) is 0 Å². The van der Waals surface area contributed by atoms with E-state index in [1.54, 1.807) is 30.0 Å². The van der Waals surface area contributed by atoms with Crippen LogP contribution in [-0.2, 0) is 0 Å². The van der Waals surface area contributed by atoms with E-state index in [1.807, 2.05) is 19.1 Å². The van der Waals surface area contributed by atoms with Gasteiger partial charge in [-0.1, -0.05) is 13.0 Å². The first-order chi connectivity index (χ1) is 7.22. The summed E-state index contributed by atoms with van der Waals surface area (Å²) in [7, 11) is 0. The molecule has 0 unspecified atom stereocenters. The molecule has 0 heterocycles. The van der Waals surface area contributed by atoms with Gasteiger partial charge in [0.15, 0.2) is 0 Å². The van der Waals surface area contributed by atoms with Gasteiger partial charge in [0.25, 0.3) is 0 Å². The lowest BCUT2D eigenvalue weighted by molar-refractivity contribution is 0.468. The molecule has 2 N–H and O–H groups in total. The fourth-order valence-electron chi connectivity index (χ4n) is 1.55. The molecule has 0 atom stereocenters. The minimum atomic E-state index is 0.220. The Hall–Kier alpha value is -1.35. The van der Waals surface area contributed by atoms with Crippen molar-refractivity contribution in [1.82, 2.24) is 0 Å². The number of thioether (sulfide) groups is 1. The molecule has 3 heteroatoms. The van der Waals surface area contributed by atoms with Gasteiger partial charge in [0.1, 0.15) is 11.5 Å². The highest BCUT2D eigenvalue weighted by molar-refractivity contribution is 7.99. The summed E-state index contributed by atoms with van der Waals surface area (Å²) in [4.78, 5) is 0.885. The van der Waals surface area contributed by atoms with Gasteiger partial charge in [-0.25, -0.2) is 0 Å². The van der Waals surface area contributed by atoms with Crippen LogP contribution in [0.4, 0.5) is 0 Å². The van der Waals surface area contributed by atoms with Crippen molar-refractivity contribution in [2.75, 3.05) is 5.75 Å². The molecule has 15 heavy (non-hydrogen) atoms. The minimum absolute atomic E-state index is 0.220. The third kappa shape index (κ3) is 1.88. The van der Waals surface area contributed by atoms with Gasteiger partial charge in [-0.2, -0.15) is 0 Å². The minimum Gasteiger partial charge on any atom is -0.508 e. The zero-order chi connectivity index (χ0) is 10.8. The summed E-state index contributed by atoms with van der Waals surface area (Å²) in [6.07, 6.45) is 0. The third-order valence-electron chi connectivity index (χ3n) is 2.24. The first-order valence-electron chi connectivity index (χ1n) is 4.80. The van der Waals surface area contributed by atoms with Crippen molar-refractivity contribution in [1.29, 1.82) is 0 Å². The Morgan fingerprint density at radius 1 is 1.13 bits per heavy atom. The number of phenolic OH excluding ortho intramolecular Hbond substituents is 2. The van der Waals surface area contributed by atoms with Crippen molar-refractivity contribution < 1.29 is 10.2 Å². The van der Waals surface area contributed by atoms with Crippen molar-refractivity contribution in [2.45, 2.75) is 11.8 Å². The Bertz CT molecular complexity index is 494. The zero-order valence-electron chi connectivity index (χ0n) is 8.40. The van der Waals surface area contributed by atoms with Crippen molar-refractivity contribution >= 4 is 22.5 Å². The molecule has 0 saturated heterocycles. The van der Waals surface area contributed by atoms with Gasteiger partial charge in [-0.05, 0) is 35.4 Å². The maximum absolute atomic E-state index is 9.97. The zero-order valence-corrected chi connectivity index (χ0v) is 9.21. The Balaban J connectivity index is 2.63. The Morgan fingerprint density at radius 3 is 2.67 bits per heavy atom. The molecule has 0 spiro atoms. The van der Waals surface area contributed by atoms with E-state index in [1.165, 1.54) is 0 Å². The van der Waals surface area contributed by atoms with Gasteiger partial charge in [-0.15, -0.1) is 11.8 Å². The van der Waals surface area contributed by atoms with Crippen LogP contribution < -0.4 is 0 Å². The Morgan fingerprint density at radius 2 is 1.93 bits per heavy atom. The highest BCUT2D eigenvalue weighted by atomic mass is 32.2. The second-order valence-corrected chi connectivity index (χ2v) is 4.56. The topological polar surface area (TPSA) is 40.5 Å². The maximum atomic E-state index is 9.97. The summed E-state index contributed by atoms with van der Waals surface area (Å²) in [5, 5.41) is 20.9. The molecule has 0 fully saturated rings. The molecule has 2 aromatic rings. The molecule has 78 valence electrons. The molecule has 0 aliphatic rings. The summed E-state index contributed by atoms with van der Waals surface area (Å²) in [6, 6.07) is 8.76. The fourth-order valence-corrected chi connectivity index (χ4v) is 2.27. The summed E-state index contributed by atoms with van der Waals surface area (Å²) in [5.74, 6) is 1.45. The largest absolute Gasteiger partial charge is 0.508 e. The lowest BCUT2D eigenvalue weighted by Gasteiger charge is -2.06. The van der Waals surface area contributed by atoms with Crippen LogP contribution in [0.3, 0.4) is 0 Å². The lowest BCUT2D eigenvalue weighted by Crippen LogP contribution is -1.79. The summed E-state index contributed by atoms with van der Waals surface area (Å²) in [6.45, 7) is 2.05. The maximum Gasteiger partial charge on any atom is 0.136 e. The number of aromatic hydroxyl groups is 2. The Kier molecular flexibility index (Phi) is 2.73. The van der Waals surface area contributed by atoms with E-state index in [2.05, 4.69) is 0 Å². The fraction of sp³-hybridized carbons (Fsp3) is 0.167. The first-order valence-corrected chi connectivity index (χ1v) is 5.78. The molecule has 2 aromatic carbocycles. The van der Waals surface area contributed by atoms with Gasteiger partial charge < -0.3 is 10.2 Å². The molecule has 0 bridgehead atoms.